The summed E-state index contributed by atoms with van der Waals surface area (Å²) in [7, 11) is 1.76. The highest BCUT2D eigenvalue weighted by molar-refractivity contribution is 14.0. The van der Waals surface area contributed by atoms with E-state index in [0.717, 1.165) is 23.8 Å². The molecule has 2 atom stereocenters. The number of pyridine rings is 1. The Morgan fingerprint density at radius 2 is 2.11 bits per heavy atom. The van der Waals surface area contributed by atoms with Crippen LogP contribution in [-0.4, -0.2) is 55.2 Å². The molecular formula is C20H26FIN4O2. The Morgan fingerprint density at radius 3 is 2.79 bits per heavy atom. The first kappa shape index (κ1) is 22.4. The number of aromatic nitrogens is 1. The van der Waals surface area contributed by atoms with Crippen LogP contribution in [-0.2, 0) is 4.74 Å². The van der Waals surface area contributed by atoms with Gasteiger partial charge >= 0.3 is 0 Å². The zero-order valence-electron chi connectivity index (χ0n) is 16.0. The van der Waals surface area contributed by atoms with Gasteiger partial charge < -0.3 is 19.7 Å². The molecule has 0 bridgehead atoms. The van der Waals surface area contributed by atoms with E-state index in [4.69, 9.17) is 9.47 Å². The van der Waals surface area contributed by atoms with Crippen molar-refractivity contribution in [3.63, 3.8) is 0 Å². The molecule has 0 amide bonds. The van der Waals surface area contributed by atoms with Crippen molar-refractivity contribution >= 4 is 29.9 Å². The molecule has 2 heterocycles. The summed E-state index contributed by atoms with van der Waals surface area (Å²) in [5.74, 6) is 1.29. The molecule has 0 radical (unpaired) electrons. The monoisotopic (exact) mass is 500 g/mol. The molecule has 1 aliphatic rings. The predicted octanol–water partition coefficient (Wildman–Crippen LogP) is 3.25. The van der Waals surface area contributed by atoms with Crippen LogP contribution < -0.4 is 10.1 Å². The lowest BCUT2D eigenvalue weighted by Crippen LogP contribution is -2.51. The molecule has 2 unspecified atom stereocenters. The Bertz CT molecular complexity index is 746. The normalized spacial score (nSPS) is 19.7. The Kier molecular flexibility index (Phi) is 8.91. The first-order valence-corrected chi connectivity index (χ1v) is 9.05. The molecule has 0 aliphatic carbocycles. The van der Waals surface area contributed by atoms with Gasteiger partial charge in [-0.25, -0.2) is 4.39 Å². The second kappa shape index (κ2) is 11.2. The van der Waals surface area contributed by atoms with Crippen LogP contribution in [0.25, 0.3) is 0 Å². The van der Waals surface area contributed by atoms with E-state index in [-0.39, 0.29) is 42.0 Å². The van der Waals surface area contributed by atoms with Crippen molar-refractivity contribution in [3.05, 3.63) is 60.2 Å². The summed E-state index contributed by atoms with van der Waals surface area (Å²) in [6.07, 6.45) is 3.31. The second-order valence-electron chi connectivity index (χ2n) is 6.40. The zero-order chi connectivity index (χ0) is 19.1. The Morgan fingerprint density at radius 1 is 1.32 bits per heavy atom. The van der Waals surface area contributed by atoms with Crippen LogP contribution >= 0.6 is 24.0 Å². The van der Waals surface area contributed by atoms with Crippen molar-refractivity contribution in [1.29, 1.82) is 0 Å². The second-order valence-corrected chi connectivity index (χ2v) is 6.40. The SMILES string of the molecule is CN=C(NCCOc1cccnc1)N1CC(C)OC(c2ccc(F)cc2)C1.I. The van der Waals surface area contributed by atoms with E-state index < -0.39 is 0 Å². The van der Waals surface area contributed by atoms with Gasteiger partial charge in [0.05, 0.1) is 25.4 Å². The third-order valence-corrected chi connectivity index (χ3v) is 4.30. The Labute approximate surface area is 182 Å². The molecule has 1 aromatic carbocycles. The van der Waals surface area contributed by atoms with Gasteiger partial charge in [-0.05, 0) is 36.8 Å². The van der Waals surface area contributed by atoms with Crippen LogP contribution in [0.2, 0.25) is 0 Å². The number of halogens is 2. The van der Waals surface area contributed by atoms with Crippen LogP contribution in [0.5, 0.6) is 5.75 Å². The molecular weight excluding hydrogens is 474 g/mol. The van der Waals surface area contributed by atoms with Gasteiger partial charge in [0.25, 0.3) is 0 Å². The molecule has 8 heteroatoms. The largest absolute Gasteiger partial charge is 0.490 e. The maximum absolute atomic E-state index is 13.2. The van der Waals surface area contributed by atoms with Gasteiger partial charge in [0.1, 0.15) is 24.3 Å². The molecule has 1 saturated heterocycles. The van der Waals surface area contributed by atoms with Gasteiger partial charge in [0, 0.05) is 19.8 Å². The summed E-state index contributed by atoms with van der Waals surface area (Å²) in [6.45, 7) is 4.54. The van der Waals surface area contributed by atoms with Gasteiger partial charge in [-0.1, -0.05) is 12.1 Å². The first-order chi connectivity index (χ1) is 13.2. The summed E-state index contributed by atoms with van der Waals surface area (Å²) < 4.78 is 24.9. The number of nitrogens with one attached hydrogen (secondary N) is 1. The average Bonchev–Trinajstić information content (AvgIpc) is 2.69. The first-order valence-electron chi connectivity index (χ1n) is 9.05. The van der Waals surface area contributed by atoms with E-state index >= 15 is 0 Å². The summed E-state index contributed by atoms with van der Waals surface area (Å²) in [5.41, 5.74) is 0.961. The standard InChI is InChI=1S/C20H25FN4O2.HI/c1-15-13-25(14-19(27-15)16-5-7-17(21)8-6-16)20(22-2)24-10-11-26-18-4-3-9-23-12-18;/h3-9,12,15,19H,10-11,13-14H2,1-2H3,(H,22,24);1H. The highest BCUT2D eigenvalue weighted by atomic mass is 127. The highest BCUT2D eigenvalue weighted by Crippen LogP contribution is 2.25. The van der Waals surface area contributed by atoms with Crippen molar-refractivity contribution in [2.24, 2.45) is 4.99 Å². The number of nitrogens with zero attached hydrogens (tertiary/aromatic N) is 3. The molecule has 1 N–H and O–H groups in total. The number of hydrogen-bond acceptors (Lipinski definition) is 4. The van der Waals surface area contributed by atoms with Crippen LogP contribution in [0.4, 0.5) is 4.39 Å². The number of aliphatic imine (C=N–C) groups is 1. The van der Waals surface area contributed by atoms with Crippen LogP contribution in [0.15, 0.2) is 53.8 Å². The molecule has 1 aromatic heterocycles. The molecule has 0 saturated carbocycles. The summed E-state index contributed by atoms with van der Waals surface area (Å²) in [5, 5.41) is 3.33. The summed E-state index contributed by atoms with van der Waals surface area (Å²) >= 11 is 0. The van der Waals surface area contributed by atoms with Crippen molar-refractivity contribution in [3.8, 4) is 5.75 Å². The quantitative estimate of drug-likeness (QED) is 0.296. The van der Waals surface area contributed by atoms with Crippen molar-refractivity contribution < 1.29 is 13.9 Å². The van der Waals surface area contributed by atoms with E-state index in [1.165, 1.54) is 12.1 Å². The number of benzene rings is 1. The van der Waals surface area contributed by atoms with Gasteiger partial charge in [-0.2, -0.15) is 0 Å². The highest BCUT2D eigenvalue weighted by Gasteiger charge is 2.28. The van der Waals surface area contributed by atoms with E-state index in [1.807, 2.05) is 19.1 Å². The maximum atomic E-state index is 13.2. The summed E-state index contributed by atoms with van der Waals surface area (Å²) in [4.78, 5) is 10.6. The minimum Gasteiger partial charge on any atom is -0.490 e. The Hall–Kier alpha value is -1.94. The third-order valence-electron chi connectivity index (χ3n) is 4.30. The number of guanidine groups is 1. The zero-order valence-corrected chi connectivity index (χ0v) is 18.4. The minimum absolute atomic E-state index is 0. The van der Waals surface area contributed by atoms with Crippen molar-refractivity contribution in [2.45, 2.75) is 19.1 Å². The average molecular weight is 500 g/mol. The molecule has 152 valence electrons. The smallest absolute Gasteiger partial charge is 0.193 e. The maximum Gasteiger partial charge on any atom is 0.193 e. The fourth-order valence-corrected chi connectivity index (χ4v) is 3.08. The fraction of sp³-hybridized carbons (Fsp3) is 0.400. The topological polar surface area (TPSA) is 59.0 Å². The van der Waals surface area contributed by atoms with E-state index in [0.29, 0.717) is 19.7 Å². The molecule has 1 aliphatic heterocycles. The van der Waals surface area contributed by atoms with Crippen molar-refractivity contribution in [2.75, 3.05) is 33.3 Å². The molecule has 2 aromatic rings. The summed E-state index contributed by atoms with van der Waals surface area (Å²) in [6, 6.07) is 10.2. The van der Waals surface area contributed by atoms with Crippen molar-refractivity contribution in [1.82, 2.24) is 15.2 Å². The fourth-order valence-electron chi connectivity index (χ4n) is 3.08. The number of rotatable bonds is 5. The molecule has 1 fully saturated rings. The molecule has 28 heavy (non-hydrogen) atoms. The van der Waals surface area contributed by atoms with E-state index in [1.54, 1.807) is 31.6 Å². The minimum atomic E-state index is -0.245. The molecule has 3 rings (SSSR count). The van der Waals surface area contributed by atoms with Crippen LogP contribution in [0.3, 0.4) is 0 Å². The molecule has 6 nitrogen and oxygen atoms in total. The van der Waals surface area contributed by atoms with Gasteiger partial charge in [0.15, 0.2) is 5.96 Å². The number of ether oxygens (including phenoxy) is 2. The lowest BCUT2D eigenvalue weighted by Gasteiger charge is -2.38. The third kappa shape index (κ3) is 6.30. The van der Waals surface area contributed by atoms with Crippen LogP contribution in [0, 0.1) is 5.82 Å². The van der Waals surface area contributed by atoms with Crippen LogP contribution in [0.1, 0.15) is 18.6 Å². The lowest BCUT2D eigenvalue weighted by atomic mass is 10.1. The van der Waals surface area contributed by atoms with Gasteiger partial charge in [0.2, 0.25) is 0 Å². The number of hydrogen-bond donors (Lipinski definition) is 1. The van der Waals surface area contributed by atoms with E-state index in [9.17, 15) is 4.39 Å². The Balaban J connectivity index is 0.00000280. The predicted molar refractivity (Wildman–Crippen MR) is 118 cm³/mol. The molecule has 0 spiro atoms. The lowest BCUT2D eigenvalue weighted by molar-refractivity contribution is -0.0605. The van der Waals surface area contributed by atoms with Gasteiger partial charge in [-0.3, -0.25) is 9.98 Å². The van der Waals surface area contributed by atoms with E-state index in [2.05, 4.69) is 20.2 Å². The number of morpholine rings is 1. The van der Waals surface area contributed by atoms with Gasteiger partial charge in [-0.15, -0.1) is 24.0 Å².